The van der Waals surface area contributed by atoms with Gasteiger partial charge in [-0.25, -0.2) is 4.68 Å². The largest absolute Gasteiger partial charge is 0.497 e. The lowest BCUT2D eigenvalue weighted by Gasteiger charge is -2.03. The van der Waals surface area contributed by atoms with Crippen LogP contribution in [0.3, 0.4) is 0 Å². The molecule has 0 spiro atoms. The van der Waals surface area contributed by atoms with Gasteiger partial charge in [0.1, 0.15) is 5.75 Å². The van der Waals surface area contributed by atoms with E-state index in [9.17, 15) is 4.79 Å². The molecule has 2 N–H and O–H groups in total. The van der Waals surface area contributed by atoms with Crippen molar-refractivity contribution in [2.45, 2.75) is 6.92 Å². The molecule has 0 atom stereocenters. The van der Waals surface area contributed by atoms with Crippen LogP contribution in [0.5, 0.6) is 5.75 Å². The number of hydrogen-bond acceptors (Lipinski definition) is 6. The van der Waals surface area contributed by atoms with Crippen LogP contribution in [0.4, 0.5) is 11.4 Å². The van der Waals surface area contributed by atoms with Crippen LogP contribution in [0.25, 0.3) is 17.1 Å². The Balaban J connectivity index is 1.59. The molecule has 0 aliphatic rings. The Labute approximate surface area is 176 Å². The molecule has 10 heteroatoms. The molecule has 2 heterocycles. The molecule has 2 aromatic heterocycles. The Morgan fingerprint density at radius 3 is 2.37 bits per heavy atom. The number of aromatic amines is 2. The highest BCUT2D eigenvalue weighted by molar-refractivity contribution is 7.71. The molecular formula is C20H19N7O2S. The Bertz CT molecular complexity index is 1330. The molecule has 30 heavy (non-hydrogen) atoms. The van der Waals surface area contributed by atoms with Crippen LogP contribution in [0.1, 0.15) is 5.69 Å². The monoisotopic (exact) mass is 421 g/mol. The quantitative estimate of drug-likeness (QED) is 0.369. The summed E-state index contributed by atoms with van der Waals surface area (Å²) < 4.78 is 8.91. The first-order chi connectivity index (χ1) is 14.5. The zero-order chi connectivity index (χ0) is 21.3. The molecule has 4 aromatic rings. The number of nitrogens with one attached hydrogen (secondary N) is 2. The number of aromatic nitrogens is 5. The van der Waals surface area contributed by atoms with Gasteiger partial charge in [0.2, 0.25) is 0 Å². The van der Waals surface area contributed by atoms with Crippen LogP contribution >= 0.6 is 12.2 Å². The third kappa shape index (κ3) is 3.60. The average Bonchev–Trinajstić information content (AvgIpc) is 3.25. The summed E-state index contributed by atoms with van der Waals surface area (Å²) in [5, 5.41) is 18.4. The topological polar surface area (TPSA) is 105 Å². The van der Waals surface area contributed by atoms with Crippen molar-refractivity contribution in [1.82, 2.24) is 24.5 Å². The maximum Gasteiger partial charge on any atom is 0.299 e. The van der Waals surface area contributed by atoms with Gasteiger partial charge in [0.25, 0.3) is 5.56 Å². The summed E-state index contributed by atoms with van der Waals surface area (Å²) in [5.74, 6) is 1.44. The minimum absolute atomic E-state index is 0.254. The number of azo groups is 1. The molecule has 0 bridgehead atoms. The fourth-order valence-electron chi connectivity index (χ4n) is 2.96. The van der Waals surface area contributed by atoms with Crippen molar-refractivity contribution in [3.8, 4) is 22.8 Å². The SMILES string of the molecule is COc1ccc(-n2[nH]c(C)c(N=Nc3ccc(-c4n[nH]c(=S)n4C)cc3)c2=O)cc1. The van der Waals surface area contributed by atoms with Gasteiger partial charge in [-0.3, -0.25) is 15.0 Å². The molecule has 9 nitrogen and oxygen atoms in total. The summed E-state index contributed by atoms with van der Waals surface area (Å²) in [7, 11) is 3.44. The minimum Gasteiger partial charge on any atom is -0.497 e. The first-order valence-electron chi connectivity index (χ1n) is 9.07. The third-order valence-electron chi connectivity index (χ3n) is 4.64. The van der Waals surface area contributed by atoms with Crippen molar-refractivity contribution in [2.75, 3.05) is 7.11 Å². The summed E-state index contributed by atoms with van der Waals surface area (Å²) in [6, 6.07) is 14.5. The molecule has 0 radical (unpaired) electrons. The zero-order valence-electron chi connectivity index (χ0n) is 16.6. The fourth-order valence-corrected chi connectivity index (χ4v) is 3.09. The first kappa shape index (κ1) is 19.5. The summed E-state index contributed by atoms with van der Waals surface area (Å²) in [6.07, 6.45) is 0. The van der Waals surface area contributed by atoms with E-state index in [0.717, 1.165) is 11.4 Å². The maximum absolute atomic E-state index is 12.8. The van der Waals surface area contributed by atoms with Crippen LogP contribution in [0, 0.1) is 11.7 Å². The molecule has 0 aliphatic heterocycles. The van der Waals surface area contributed by atoms with Gasteiger partial charge >= 0.3 is 0 Å². The van der Waals surface area contributed by atoms with Crippen molar-refractivity contribution in [3.63, 3.8) is 0 Å². The van der Waals surface area contributed by atoms with Crippen LogP contribution in [-0.2, 0) is 7.05 Å². The second kappa shape index (κ2) is 7.91. The Hall–Kier alpha value is -3.79. The van der Waals surface area contributed by atoms with Gasteiger partial charge in [-0.05, 0) is 67.7 Å². The number of ether oxygens (including phenoxy) is 1. The predicted molar refractivity (Wildman–Crippen MR) is 116 cm³/mol. The molecule has 0 saturated heterocycles. The zero-order valence-corrected chi connectivity index (χ0v) is 17.4. The van der Waals surface area contributed by atoms with Crippen molar-refractivity contribution >= 4 is 23.6 Å². The third-order valence-corrected chi connectivity index (χ3v) is 5.01. The van der Waals surface area contributed by atoms with Gasteiger partial charge in [-0.2, -0.15) is 10.2 Å². The smallest absolute Gasteiger partial charge is 0.299 e. The van der Waals surface area contributed by atoms with Gasteiger partial charge in [0.15, 0.2) is 16.3 Å². The molecule has 0 saturated carbocycles. The molecule has 0 unspecified atom stereocenters. The van der Waals surface area contributed by atoms with E-state index in [2.05, 4.69) is 25.5 Å². The summed E-state index contributed by atoms with van der Waals surface area (Å²) >= 11 is 5.14. The van der Waals surface area contributed by atoms with E-state index in [1.165, 1.54) is 4.68 Å². The van der Waals surface area contributed by atoms with Crippen molar-refractivity contribution in [2.24, 2.45) is 17.3 Å². The molecule has 4 rings (SSSR count). The number of nitrogens with zero attached hydrogens (tertiary/aromatic N) is 5. The van der Waals surface area contributed by atoms with Crippen molar-refractivity contribution in [1.29, 1.82) is 0 Å². The molecular weight excluding hydrogens is 402 g/mol. The number of methoxy groups -OCH3 is 1. The van der Waals surface area contributed by atoms with Gasteiger partial charge in [0.05, 0.1) is 24.2 Å². The van der Waals surface area contributed by atoms with Crippen LogP contribution in [-0.4, -0.2) is 31.7 Å². The fraction of sp³-hybridized carbons (Fsp3) is 0.150. The Morgan fingerprint density at radius 1 is 1.07 bits per heavy atom. The van der Waals surface area contributed by atoms with Gasteiger partial charge < -0.3 is 9.30 Å². The number of H-pyrrole nitrogens is 2. The molecule has 0 aliphatic carbocycles. The standard InChI is InChI=1S/C20H19N7O2S/c1-12-17(19(28)27(25-12)15-8-10-16(29-3)11-9-15)22-21-14-6-4-13(5-7-14)18-23-24-20(30)26(18)2/h4-11,25H,1-3H3,(H,24,30). The van der Waals surface area contributed by atoms with Crippen LogP contribution < -0.4 is 10.3 Å². The second-order valence-corrected chi connectivity index (χ2v) is 6.97. The van der Waals surface area contributed by atoms with Crippen molar-refractivity contribution in [3.05, 3.63) is 69.3 Å². The van der Waals surface area contributed by atoms with E-state index in [-0.39, 0.29) is 11.2 Å². The lowest BCUT2D eigenvalue weighted by Crippen LogP contribution is -2.13. The van der Waals surface area contributed by atoms with E-state index in [0.29, 0.717) is 27.6 Å². The molecule has 2 aromatic carbocycles. The summed E-state index contributed by atoms with van der Waals surface area (Å²) in [4.78, 5) is 12.8. The minimum atomic E-state index is -0.278. The molecule has 0 fully saturated rings. The molecule has 0 amide bonds. The average molecular weight is 421 g/mol. The predicted octanol–water partition coefficient (Wildman–Crippen LogP) is 4.36. The van der Waals surface area contributed by atoms with E-state index in [1.807, 2.05) is 19.2 Å². The van der Waals surface area contributed by atoms with E-state index in [1.54, 1.807) is 55.0 Å². The van der Waals surface area contributed by atoms with Gasteiger partial charge in [-0.15, -0.1) is 5.11 Å². The number of aryl methyl sites for hydroxylation is 1. The lowest BCUT2D eigenvalue weighted by atomic mass is 10.2. The Kier molecular flexibility index (Phi) is 5.15. The highest BCUT2D eigenvalue weighted by Gasteiger charge is 2.12. The highest BCUT2D eigenvalue weighted by Crippen LogP contribution is 2.23. The number of rotatable bonds is 5. The summed E-state index contributed by atoms with van der Waals surface area (Å²) in [5.41, 5.74) is 2.79. The number of benzene rings is 2. The van der Waals surface area contributed by atoms with E-state index >= 15 is 0 Å². The lowest BCUT2D eigenvalue weighted by molar-refractivity contribution is 0.414. The van der Waals surface area contributed by atoms with Gasteiger partial charge in [0, 0.05) is 12.6 Å². The normalized spacial score (nSPS) is 11.3. The second-order valence-electron chi connectivity index (χ2n) is 6.58. The first-order valence-corrected chi connectivity index (χ1v) is 9.48. The maximum atomic E-state index is 12.8. The van der Waals surface area contributed by atoms with Crippen molar-refractivity contribution < 1.29 is 4.74 Å². The molecule has 152 valence electrons. The summed E-state index contributed by atoms with van der Waals surface area (Å²) in [6.45, 7) is 1.78. The van der Waals surface area contributed by atoms with E-state index < -0.39 is 0 Å². The highest BCUT2D eigenvalue weighted by atomic mass is 32.1. The van der Waals surface area contributed by atoms with Gasteiger partial charge in [-0.1, -0.05) is 0 Å². The number of hydrogen-bond donors (Lipinski definition) is 2. The van der Waals surface area contributed by atoms with Crippen LogP contribution in [0.2, 0.25) is 0 Å². The Morgan fingerprint density at radius 2 is 1.77 bits per heavy atom. The van der Waals surface area contributed by atoms with E-state index in [4.69, 9.17) is 17.0 Å². The van der Waals surface area contributed by atoms with Crippen LogP contribution in [0.15, 0.2) is 63.6 Å².